The molecule has 1 saturated carbocycles. The minimum absolute atomic E-state index is 0.112. The summed E-state index contributed by atoms with van der Waals surface area (Å²) in [6.45, 7) is 7.87. The number of H-pyrrole nitrogens is 1. The van der Waals surface area contributed by atoms with Gasteiger partial charge in [-0.15, -0.1) is 0 Å². The van der Waals surface area contributed by atoms with E-state index in [1.54, 1.807) is 0 Å². The Morgan fingerprint density at radius 1 is 1.27 bits per heavy atom. The van der Waals surface area contributed by atoms with Crippen molar-refractivity contribution >= 4 is 6.09 Å². The smallest absolute Gasteiger partial charge is 0.408 e. The summed E-state index contributed by atoms with van der Waals surface area (Å²) in [5.41, 5.74) is 0.664. The molecule has 2 N–H and O–H groups in total. The van der Waals surface area contributed by atoms with E-state index < -0.39 is 5.60 Å². The Hall–Kier alpha value is -1.52. The first-order chi connectivity index (χ1) is 12.4. The summed E-state index contributed by atoms with van der Waals surface area (Å²) in [6.07, 6.45) is 13.6. The van der Waals surface area contributed by atoms with Gasteiger partial charge in [-0.25, -0.2) is 9.78 Å². The van der Waals surface area contributed by atoms with Crippen LogP contribution in [0.15, 0.2) is 6.20 Å². The summed E-state index contributed by atoms with van der Waals surface area (Å²) in [7, 11) is 0. The van der Waals surface area contributed by atoms with Gasteiger partial charge in [0.15, 0.2) is 0 Å². The summed E-state index contributed by atoms with van der Waals surface area (Å²) in [6, 6.07) is -0.112. The highest BCUT2D eigenvalue weighted by Crippen LogP contribution is 2.32. The van der Waals surface area contributed by atoms with Crippen LogP contribution < -0.4 is 5.32 Å². The van der Waals surface area contributed by atoms with Crippen molar-refractivity contribution in [2.75, 3.05) is 0 Å². The lowest BCUT2D eigenvalue weighted by atomic mass is 9.87. The van der Waals surface area contributed by atoms with Crippen LogP contribution in [0.5, 0.6) is 0 Å². The number of aromatic nitrogens is 2. The van der Waals surface area contributed by atoms with Crippen molar-refractivity contribution < 1.29 is 9.53 Å². The molecule has 2 rings (SSSR count). The number of nitrogens with zero attached hydrogens (tertiary/aromatic N) is 1. The lowest BCUT2D eigenvalue weighted by Gasteiger charge is -2.23. The molecule has 1 aromatic rings. The maximum atomic E-state index is 12.3. The van der Waals surface area contributed by atoms with E-state index >= 15 is 0 Å². The first-order valence-electron chi connectivity index (χ1n) is 10.4. The van der Waals surface area contributed by atoms with Gasteiger partial charge in [0.1, 0.15) is 11.4 Å². The van der Waals surface area contributed by atoms with Crippen LogP contribution >= 0.6 is 0 Å². The first kappa shape index (κ1) is 20.8. The SMILES string of the molecule is CCCCCCC(NC(=O)OC(C)(C)C)c1nc(C2CCCCC2)c[nH]1. The van der Waals surface area contributed by atoms with Gasteiger partial charge in [-0.1, -0.05) is 51.9 Å². The molecule has 1 heterocycles. The van der Waals surface area contributed by atoms with Crippen molar-refractivity contribution in [1.29, 1.82) is 0 Å². The number of ether oxygens (including phenoxy) is 1. The average molecular weight is 364 g/mol. The molecule has 26 heavy (non-hydrogen) atoms. The van der Waals surface area contributed by atoms with E-state index in [0.717, 1.165) is 24.4 Å². The molecule has 148 valence electrons. The minimum Gasteiger partial charge on any atom is -0.444 e. The molecule has 1 aliphatic carbocycles. The fourth-order valence-corrected chi connectivity index (χ4v) is 3.64. The highest BCUT2D eigenvalue weighted by atomic mass is 16.6. The molecule has 5 nitrogen and oxygen atoms in total. The molecular weight excluding hydrogens is 326 g/mol. The molecule has 1 unspecified atom stereocenters. The van der Waals surface area contributed by atoms with E-state index in [1.165, 1.54) is 51.4 Å². The van der Waals surface area contributed by atoms with Crippen LogP contribution in [0.25, 0.3) is 0 Å². The van der Waals surface area contributed by atoms with Gasteiger partial charge in [0, 0.05) is 12.1 Å². The van der Waals surface area contributed by atoms with Crippen molar-refractivity contribution in [2.24, 2.45) is 0 Å². The van der Waals surface area contributed by atoms with Gasteiger partial charge in [-0.3, -0.25) is 0 Å². The third-order valence-electron chi connectivity index (χ3n) is 5.01. The van der Waals surface area contributed by atoms with Gasteiger partial charge < -0.3 is 15.0 Å². The van der Waals surface area contributed by atoms with Crippen molar-refractivity contribution in [3.8, 4) is 0 Å². The van der Waals surface area contributed by atoms with Crippen molar-refractivity contribution in [3.63, 3.8) is 0 Å². The lowest BCUT2D eigenvalue weighted by Crippen LogP contribution is -2.35. The van der Waals surface area contributed by atoms with E-state index in [2.05, 4.69) is 17.2 Å². The Labute approximate surface area is 158 Å². The summed E-state index contributed by atoms with van der Waals surface area (Å²) < 4.78 is 5.45. The molecule has 0 bridgehead atoms. The monoisotopic (exact) mass is 363 g/mol. The third kappa shape index (κ3) is 7.00. The quantitative estimate of drug-likeness (QED) is 0.557. The second kappa shape index (κ2) is 9.98. The van der Waals surface area contributed by atoms with Gasteiger partial charge >= 0.3 is 6.09 Å². The Bertz CT molecular complexity index is 542. The molecule has 0 aromatic carbocycles. The standard InChI is InChI=1S/C21H37N3O2/c1-5-6-7-11-14-17(24-20(25)26-21(2,3)4)19-22-15-18(23-19)16-12-9-8-10-13-16/h15-17H,5-14H2,1-4H3,(H,22,23)(H,24,25). The molecule has 0 saturated heterocycles. The molecular formula is C21H37N3O2. The zero-order chi connectivity index (χ0) is 19.0. The largest absolute Gasteiger partial charge is 0.444 e. The maximum Gasteiger partial charge on any atom is 0.408 e. The number of nitrogens with one attached hydrogen (secondary N) is 2. The van der Waals surface area contributed by atoms with Gasteiger partial charge in [0.05, 0.1) is 11.7 Å². The van der Waals surface area contributed by atoms with Crippen LogP contribution in [0.2, 0.25) is 0 Å². The first-order valence-corrected chi connectivity index (χ1v) is 10.4. The van der Waals surface area contributed by atoms with E-state index in [-0.39, 0.29) is 12.1 Å². The van der Waals surface area contributed by atoms with Crippen LogP contribution in [0.4, 0.5) is 4.79 Å². The number of hydrogen-bond acceptors (Lipinski definition) is 3. The molecule has 1 amide bonds. The van der Waals surface area contributed by atoms with Crippen LogP contribution in [-0.2, 0) is 4.74 Å². The molecule has 1 atom stereocenters. The molecule has 1 fully saturated rings. The summed E-state index contributed by atoms with van der Waals surface area (Å²) in [4.78, 5) is 20.5. The molecule has 0 spiro atoms. The van der Waals surface area contributed by atoms with E-state index in [1.807, 2.05) is 27.0 Å². The topological polar surface area (TPSA) is 67.0 Å². The number of amides is 1. The number of unbranched alkanes of at least 4 members (excludes halogenated alkanes) is 3. The number of carbonyl (C=O) groups excluding carboxylic acids is 1. The summed E-state index contributed by atoms with van der Waals surface area (Å²) in [5, 5.41) is 3.03. The van der Waals surface area contributed by atoms with Crippen LogP contribution in [0.1, 0.15) is 115 Å². The van der Waals surface area contributed by atoms with E-state index in [9.17, 15) is 4.79 Å². The third-order valence-corrected chi connectivity index (χ3v) is 5.01. The normalized spacial score (nSPS) is 17.1. The maximum absolute atomic E-state index is 12.3. The van der Waals surface area contributed by atoms with Gasteiger partial charge in [0.25, 0.3) is 0 Å². The Balaban J connectivity index is 2.01. The lowest BCUT2D eigenvalue weighted by molar-refractivity contribution is 0.0498. The predicted molar refractivity (Wildman–Crippen MR) is 105 cm³/mol. The Morgan fingerprint density at radius 2 is 2.00 bits per heavy atom. The number of alkyl carbamates (subject to hydrolysis) is 1. The second-order valence-corrected chi connectivity index (χ2v) is 8.59. The average Bonchev–Trinajstić information content (AvgIpc) is 3.07. The second-order valence-electron chi connectivity index (χ2n) is 8.59. The van der Waals surface area contributed by atoms with E-state index in [4.69, 9.17) is 9.72 Å². The minimum atomic E-state index is -0.493. The Kier molecular flexibility index (Phi) is 7.98. The predicted octanol–water partition coefficient (Wildman–Crippen LogP) is 5.99. The molecule has 5 heteroatoms. The van der Waals surface area contributed by atoms with Crippen molar-refractivity contribution in [1.82, 2.24) is 15.3 Å². The highest BCUT2D eigenvalue weighted by molar-refractivity contribution is 5.68. The number of carbonyl (C=O) groups is 1. The molecule has 1 aliphatic rings. The van der Waals surface area contributed by atoms with Gasteiger partial charge in [-0.05, 0) is 40.0 Å². The van der Waals surface area contributed by atoms with Crippen LogP contribution in [0.3, 0.4) is 0 Å². The zero-order valence-corrected chi connectivity index (χ0v) is 17.1. The summed E-state index contributed by atoms with van der Waals surface area (Å²) in [5.74, 6) is 1.43. The van der Waals surface area contributed by atoms with Crippen LogP contribution in [-0.4, -0.2) is 21.7 Å². The number of imidazole rings is 1. The van der Waals surface area contributed by atoms with Crippen molar-refractivity contribution in [2.45, 2.75) is 109 Å². The van der Waals surface area contributed by atoms with E-state index in [0.29, 0.717) is 5.92 Å². The molecule has 0 radical (unpaired) electrons. The van der Waals surface area contributed by atoms with Crippen molar-refractivity contribution in [3.05, 3.63) is 17.7 Å². The molecule has 0 aliphatic heterocycles. The summed E-state index contributed by atoms with van der Waals surface area (Å²) >= 11 is 0. The Morgan fingerprint density at radius 3 is 2.65 bits per heavy atom. The van der Waals surface area contributed by atoms with Gasteiger partial charge in [-0.2, -0.15) is 0 Å². The number of hydrogen-bond donors (Lipinski definition) is 2. The number of rotatable bonds is 8. The fraction of sp³-hybridized carbons (Fsp3) is 0.810. The van der Waals surface area contributed by atoms with Gasteiger partial charge in [0.2, 0.25) is 0 Å². The van der Waals surface area contributed by atoms with Crippen LogP contribution in [0, 0.1) is 0 Å². The zero-order valence-electron chi connectivity index (χ0n) is 17.1. The highest BCUT2D eigenvalue weighted by Gasteiger charge is 2.24. The number of aromatic amines is 1. The molecule has 1 aromatic heterocycles. The fourth-order valence-electron chi connectivity index (χ4n) is 3.64.